The molecule has 2 aliphatic rings. The molecule has 2 fully saturated rings. The monoisotopic (exact) mass is 463 g/mol. The zero-order chi connectivity index (χ0) is 23.7. The lowest BCUT2D eigenvalue weighted by molar-refractivity contribution is 0.215. The highest BCUT2D eigenvalue weighted by molar-refractivity contribution is 5.57. The Morgan fingerprint density at radius 1 is 1.12 bits per heavy atom. The van der Waals surface area contributed by atoms with E-state index in [1.807, 2.05) is 22.8 Å². The van der Waals surface area contributed by atoms with Crippen LogP contribution in [0, 0.1) is 0 Å². The van der Waals surface area contributed by atoms with Crippen molar-refractivity contribution in [1.29, 1.82) is 0 Å². The third-order valence-corrected chi connectivity index (χ3v) is 7.39. The molecule has 2 atom stereocenters. The second-order valence-corrected chi connectivity index (χ2v) is 10.2. The Labute approximate surface area is 202 Å². The van der Waals surface area contributed by atoms with Crippen molar-refractivity contribution in [1.82, 2.24) is 24.9 Å². The van der Waals surface area contributed by atoms with Gasteiger partial charge in [0.2, 0.25) is 11.9 Å². The van der Waals surface area contributed by atoms with Crippen molar-refractivity contribution in [3.8, 4) is 5.75 Å². The topological polar surface area (TPSA) is 79.6 Å². The maximum Gasteiger partial charge on any atom is 0.230 e. The Morgan fingerprint density at radius 3 is 2.74 bits per heavy atom. The minimum atomic E-state index is 0.0282. The van der Waals surface area contributed by atoms with E-state index < -0.39 is 0 Å². The number of benzene rings is 1. The predicted molar refractivity (Wildman–Crippen MR) is 136 cm³/mol. The first kappa shape index (κ1) is 22.9. The van der Waals surface area contributed by atoms with Gasteiger partial charge in [-0.3, -0.25) is 0 Å². The number of nitrogens with zero attached hydrogens (tertiary/aromatic N) is 5. The van der Waals surface area contributed by atoms with Gasteiger partial charge >= 0.3 is 0 Å². The lowest BCUT2D eigenvalue weighted by Gasteiger charge is -2.46. The molecule has 0 amide bonds. The fourth-order valence-electron chi connectivity index (χ4n) is 5.39. The molecular weight excluding hydrogens is 426 g/mol. The lowest BCUT2D eigenvalue weighted by Crippen LogP contribution is -2.59. The average Bonchev–Trinajstić information content (AvgIpc) is 3.29. The molecule has 3 aromatic rings. The van der Waals surface area contributed by atoms with Gasteiger partial charge in [0, 0.05) is 24.2 Å². The summed E-state index contributed by atoms with van der Waals surface area (Å²) in [5.41, 5.74) is 3.35. The van der Waals surface area contributed by atoms with Gasteiger partial charge in [-0.2, -0.15) is 19.6 Å². The summed E-state index contributed by atoms with van der Waals surface area (Å²) in [4.78, 5) is 12.5. The molecule has 4 heterocycles. The van der Waals surface area contributed by atoms with Crippen molar-refractivity contribution in [3.63, 3.8) is 0 Å². The van der Waals surface area contributed by atoms with E-state index in [9.17, 15) is 0 Å². The van der Waals surface area contributed by atoms with Crippen molar-refractivity contribution < 1.29 is 4.74 Å². The third-order valence-electron chi connectivity index (χ3n) is 7.39. The highest BCUT2D eigenvalue weighted by Gasteiger charge is 2.37. The van der Waals surface area contributed by atoms with Crippen molar-refractivity contribution >= 4 is 17.5 Å². The van der Waals surface area contributed by atoms with Gasteiger partial charge in [0.25, 0.3) is 0 Å². The molecule has 8 nitrogen and oxygen atoms in total. The van der Waals surface area contributed by atoms with Gasteiger partial charge in [-0.1, -0.05) is 32.4 Å². The highest BCUT2D eigenvalue weighted by atomic mass is 16.5. The smallest absolute Gasteiger partial charge is 0.230 e. The van der Waals surface area contributed by atoms with E-state index in [0.29, 0.717) is 5.92 Å². The van der Waals surface area contributed by atoms with E-state index in [-0.39, 0.29) is 11.6 Å². The fourth-order valence-corrected chi connectivity index (χ4v) is 5.39. The van der Waals surface area contributed by atoms with Gasteiger partial charge in [-0.25, -0.2) is 0 Å². The number of methoxy groups -OCH3 is 1. The number of hydrogen-bond acceptors (Lipinski definition) is 7. The maximum atomic E-state index is 5.42. The van der Waals surface area contributed by atoms with Crippen LogP contribution in [-0.2, 0) is 0 Å². The van der Waals surface area contributed by atoms with E-state index in [0.717, 1.165) is 60.5 Å². The average molecular weight is 464 g/mol. The van der Waals surface area contributed by atoms with Gasteiger partial charge < -0.3 is 20.3 Å². The van der Waals surface area contributed by atoms with Gasteiger partial charge in [0.1, 0.15) is 5.75 Å². The molecule has 5 rings (SSSR count). The zero-order valence-electron chi connectivity index (χ0n) is 20.8. The molecule has 8 heteroatoms. The maximum absolute atomic E-state index is 5.42. The number of rotatable bonds is 6. The van der Waals surface area contributed by atoms with E-state index in [1.165, 1.54) is 25.7 Å². The number of aromatic nitrogens is 4. The van der Waals surface area contributed by atoms with Crippen LogP contribution in [0.15, 0.2) is 30.5 Å². The van der Waals surface area contributed by atoms with Crippen LogP contribution in [0.2, 0.25) is 0 Å². The summed E-state index contributed by atoms with van der Waals surface area (Å²) >= 11 is 0. The van der Waals surface area contributed by atoms with Crippen molar-refractivity contribution in [2.24, 2.45) is 0 Å². The number of piperidine rings is 2. The Hall–Kier alpha value is -2.87. The van der Waals surface area contributed by atoms with Crippen molar-refractivity contribution in [2.75, 3.05) is 37.0 Å². The fraction of sp³-hybridized carbons (Fsp3) is 0.577. The molecule has 2 saturated heterocycles. The second-order valence-electron chi connectivity index (χ2n) is 10.2. The molecule has 1 unspecified atom stereocenters. The first-order valence-electron chi connectivity index (χ1n) is 12.6. The van der Waals surface area contributed by atoms with E-state index in [2.05, 4.69) is 53.5 Å². The quantitative estimate of drug-likeness (QED) is 0.555. The number of ether oxygens (including phenoxy) is 1. The normalized spacial score (nSPS) is 21.9. The molecule has 0 aliphatic carbocycles. The number of hydrogen-bond donors (Lipinski definition) is 2. The minimum absolute atomic E-state index is 0.0282. The first-order chi connectivity index (χ1) is 16.5. The molecular formula is C26H37N7O. The van der Waals surface area contributed by atoms with Crippen LogP contribution in [0.4, 0.5) is 11.9 Å². The van der Waals surface area contributed by atoms with Crippen LogP contribution >= 0.6 is 0 Å². The Balaban J connectivity index is 1.51. The summed E-state index contributed by atoms with van der Waals surface area (Å²) in [5.74, 6) is 2.69. The standard InChI is InChI=1S/C26H37N7O/c1-18(2)22-16-28-33-23(22)30-24(32-14-8-12-26(17-32)11-5-6-13-27-26)31-25(33)29-19(3)20-9-7-10-21(15-20)34-4/h7,9-10,15-16,18-19,27H,5-6,8,11-14,17H2,1-4H3,(H,29,30,31)/t19-,26?/m0/s1. The lowest BCUT2D eigenvalue weighted by atomic mass is 9.82. The summed E-state index contributed by atoms with van der Waals surface area (Å²) in [5, 5.41) is 12.1. The summed E-state index contributed by atoms with van der Waals surface area (Å²) in [6.07, 6.45) is 8.11. The van der Waals surface area contributed by atoms with Gasteiger partial charge in [0.05, 0.1) is 19.3 Å². The molecule has 0 radical (unpaired) electrons. The number of fused-ring (bicyclic) bond motifs is 1. The SMILES string of the molecule is COc1cccc([C@H](C)Nc2nc(N3CCCC4(CCCCN4)C3)nc3c(C(C)C)cnn23)c1. The van der Waals surface area contributed by atoms with Gasteiger partial charge in [-0.15, -0.1) is 0 Å². The second kappa shape index (κ2) is 9.41. The van der Waals surface area contributed by atoms with E-state index >= 15 is 0 Å². The van der Waals surface area contributed by atoms with Crippen LogP contribution in [0.1, 0.15) is 76.0 Å². The van der Waals surface area contributed by atoms with Gasteiger partial charge in [0.15, 0.2) is 5.65 Å². The molecule has 34 heavy (non-hydrogen) atoms. The number of anilines is 2. The highest BCUT2D eigenvalue weighted by Crippen LogP contribution is 2.32. The van der Waals surface area contributed by atoms with Crippen LogP contribution in [0.5, 0.6) is 5.75 Å². The summed E-state index contributed by atoms with van der Waals surface area (Å²) in [6.45, 7) is 9.56. The Kier molecular flexibility index (Phi) is 6.34. The Bertz CT molecular complexity index is 1130. The molecule has 2 aliphatic heterocycles. The number of nitrogens with one attached hydrogen (secondary N) is 2. The van der Waals surface area contributed by atoms with Crippen molar-refractivity contribution in [2.45, 2.75) is 70.4 Å². The molecule has 2 N–H and O–H groups in total. The van der Waals surface area contributed by atoms with Crippen LogP contribution in [-0.4, -0.2) is 51.9 Å². The molecule has 0 saturated carbocycles. The van der Waals surface area contributed by atoms with E-state index in [4.69, 9.17) is 14.7 Å². The Morgan fingerprint density at radius 2 is 1.97 bits per heavy atom. The zero-order valence-corrected chi connectivity index (χ0v) is 20.8. The van der Waals surface area contributed by atoms with Crippen molar-refractivity contribution in [3.05, 3.63) is 41.6 Å². The van der Waals surface area contributed by atoms with E-state index in [1.54, 1.807) is 7.11 Å². The molecule has 1 spiro atoms. The molecule has 1 aromatic carbocycles. The van der Waals surface area contributed by atoms with Crippen LogP contribution in [0.3, 0.4) is 0 Å². The van der Waals surface area contributed by atoms with Crippen LogP contribution < -0.4 is 20.3 Å². The molecule has 0 bridgehead atoms. The summed E-state index contributed by atoms with van der Waals surface area (Å²) < 4.78 is 7.28. The largest absolute Gasteiger partial charge is 0.497 e. The third kappa shape index (κ3) is 4.43. The first-order valence-corrected chi connectivity index (χ1v) is 12.6. The van der Waals surface area contributed by atoms with Gasteiger partial charge in [-0.05, 0) is 62.8 Å². The molecule has 2 aromatic heterocycles. The predicted octanol–water partition coefficient (Wildman–Crippen LogP) is 4.54. The minimum Gasteiger partial charge on any atom is -0.497 e. The molecule has 182 valence electrons. The summed E-state index contributed by atoms with van der Waals surface area (Å²) in [6, 6.07) is 8.17. The summed E-state index contributed by atoms with van der Waals surface area (Å²) in [7, 11) is 1.70. The van der Waals surface area contributed by atoms with Crippen LogP contribution in [0.25, 0.3) is 5.65 Å².